The van der Waals surface area contributed by atoms with Crippen LogP contribution in [0.25, 0.3) is 10.8 Å². The van der Waals surface area contributed by atoms with Crippen molar-refractivity contribution in [2.75, 3.05) is 0 Å². The summed E-state index contributed by atoms with van der Waals surface area (Å²) < 4.78 is 0. The Bertz CT molecular complexity index is 539. The van der Waals surface area contributed by atoms with Gasteiger partial charge in [-0.2, -0.15) is 0 Å². The highest BCUT2D eigenvalue weighted by molar-refractivity contribution is 5.95. The minimum Gasteiger partial charge on any atom is -0.298 e. The molecule has 0 atom stereocenters. The zero-order valence-corrected chi connectivity index (χ0v) is 9.29. The molecule has 0 aliphatic rings. The number of hydrogen-bond donors (Lipinski definition) is 0. The summed E-state index contributed by atoms with van der Waals surface area (Å²) in [7, 11) is 0. The fourth-order valence-electron chi connectivity index (χ4n) is 2.05. The topological polar surface area (TPSA) is 17.1 Å². The average molecular weight is 198 g/mol. The zero-order chi connectivity index (χ0) is 11.0. The van der Waals surface area contributed by atoms with Crippen molar-refractivity contribution in [2.24, 2.45) is 0 Å². The number of rotatable bonds is 1. The lowest BCUT2D eigenvalue weighted by Crippen LogP contribution is -1.92. The molecule has 1 heteroatoms. The van der Waals surface area contributed by atoms with Crippen LogP contribution in [0, 0.1) is 20.8 Å². The first-order chi connectivity index (χ1) is 7.15. The van der Waals surface area contributed by atoms with Crippen molar-refractivity contribution < 1.29 is 4.79 Å². The average Bonchev–Trinajstić information content (AvgIpc) is 2.24. The molecule has 76 valence electrons. The molecule has 0 N–H and O–H groups in total. The van der Waals surface area contributed by atoms with Crippen molar-refractivity contribution >= 4 is 17.1 Å². The molecule has 0 unspecified atom stereocenters. The predicted molar refractivity (Wildman–Crippen MR) is 63.5 cm³/mol. The molecule has 0 spiro atoms. The second-order valence-corrected chi connectivity index (χ2v) is 4.00. The van der Waals surface area contributed by atoms with Gasteiger partial charge in [0.15, 0.2) is 0 Å². The Morgan fingerprint density at radius 2 is 1.60 bits per heavy atom. The standard InChI is InChI=1S/C14H14O/c1-9-4-5-12-6-7-13(8-15)11(3)14(12)10(9)2/h4-8H,1-3H3. The van der Waals surface area contributed by atoms with Crippen LogP contribution in [0.4, 0.5) is 0 Å². The normalized spacial score (nSPS) is 10.6. The van der Waals surface area contributed by atoms with Crippen LogP contribution in [0.1, 0.15) is 27.0 Å². The van der Waals surface area contributed by atoms with Crippen molar-refractivity contribution in [1.29, 1.82) is 0 Å². The minimum absolute atomic E-state index is 0.788. The maximum atomic E-state index is 10.9. The van der Waals surface area contributed by atoms with Crippen molar-refractivity contribution in [3.05, 3.63) is 46.5 Å². The monoisotopic (exact) mass is 198 g/mol. The van der Waals surface area contributed by atoms with Gasteiger partial charge < -0.3 is 0 Å². The van der Waals surface area contributed by atoms with E-state index in [2.05, 4.69) is 26.0 Å². The summed E-state index contributed by atoms with van der Waals surface area (Å²) in [5.41, 5.74) is 4.42. The number of carbonyl (C=O) groups excluding carboxylic acids is 1. The first kappa shape index (κ1) is 9.91. The third-order valence-corrected chi connectivity index (χ3v) is 3.15. The van der Waals surface area contributed by atoms with E-state index in [1.807, 2.05) is 19.1 Å². The van der Waals surface area contributed by atoms with Crippen LogP contribution in [0.2, 0.25) is 0 Å². The number of aryl methyl sites for hydroxylation is 3. The zero-order valence-electron chi connectivity index (χ0n) is 9.29. The minimum atomic E-state index is 0.788. The first-order valence-electron chi connectivity index (χ1n) is 5.10. The molecular weight excluding hydrogens is 184 g/mol. The molecule has 0 bridgehead atoms. The Hall–Kier alpha value is -1.63. The van der Waals surface area contributed by atoms with Gasteiger partial charge in [-0.25, -0.2) is 0 Å². The van der Waals surface area contributed by atoms with E-state index in [-0.39, 0.29) is 0 Å². The van der Waals surface area contributed by atoms with Gasteiger partial charge in [-0.1, -0.05) is 24.3 Å². The van der Waals surface area contributed by atoms with Crippen LogP contribution in [0.3, 0.4) is 0 Å². The van der Waals surface area contributed by atoms with Crippen molar-refractivity contribution in [1.82, 2.24) is 0 Å². The Balaban J connectivity index is 2.95. The molecule has 0 heterocycles. The molecule has 0 fully saturated rings. The van der Waals surface area contributed by atoms with Gasteiger partial charge in [-0.05, 0) is 48.2 Å². The van der Waals surface area contributed by atoms with Crippen LogP contribution in [-0.2, 0) is 0 Å². The summed E-state index contributed by atoms with van der Waals surface area (Å²) in [5, 5.41) is 2.43. The van der Waals surface area contributed by atoms with Gasteiger partial charge in [0.2, 0.25) is 0 Å². The Morgan fingerprint density at radius 3 is 2.27 bits per heavy atom. The molecule has 0 saturated carbocycles. The van der Waals surface area contributed by atoms with E-state index in [9.17, 15) is 4.79 Å². The SMILES string of the molecule is Cc1ccc2ccc(C=O)c(C)c2c1C. The molecule has 2 rings (SSSR count). The quantitative estimate of drug-likeness (QED) is 0.640. The molecule has 0 aliphatic carbocycles. The summed E-state index contributed by atoms with van der Waals surface area (Å²) in [4.78, 5) is 10.9. The van der Waals surface area contributed by atoms with Crippen LogP contribution in [0.15, 0.2) is 24.3 Å². The smallest absolute Gasteiger partial charge is 0.150 e. The van der Waals surface area contributed by atoms with Crippen LogP contribution < -0.4 is 0 Å². The lowest BCUT2D eigenvalue weighted by molar-refractivity contribution is 0.112. The summed E-state index contributed by atoms with van der Waals surface area (Å²) in [5.74, 6) is 0. The van der Waals surface area contributed by atoms with E-state index in [0.717, 1.165) is 17.4 Å². The van der Waals surface area contributed by atoms with E-state index >= 15 is 0 Å². The van der Waals surface area contributed by atoms with Gasteiger partial charge in [0, 0.05) is 5.56 Å². The number of fused-ring (bicyclic) bond motifs is 1. The Morgan fingerprint density at radius 1 is 0.933 bits per heavy atom. The van der Waals surface area contributed by atoms with Crippen molar-refractivity contribution in [3.8, 4) is 0 Å². The number of carbonyl (C=O) groups is 1. The summed E-state index contributed by atoms with van der Waals surface area (Å²) in [6, 6.07) is 8.13. The molecule has 0 amide bonds. The van der Waals surface area contributed by atoms with Gasteiger partial charge >= 0.3 is 0 Å². The first-order valence-corrected chi connectivity index (χ1v) is 5.10. The third-order valence-electron chi connectivity index (χ3n) is 3.15. The van der Waals surface area contributed by atoms with Crippen molar-refractivity contribution in [3.63, 3.8) is 0 Å². The maximum Gasteiger partial charge on any atom is 0.150 e. The number of benzene rings is 2. The van der Waals surface area contributed by atoms with E-state index in [1.54, 1.807) is 0 Å². The molecule has 1 nitrogen and oxygen atoms in total. The molecular formula is C14H14O. The fourth-order valence-corrected chi connectivity index (χ4v) is 2.05. The summed E-state index contributed by atoms with van der Waals surface area (Å²) in [6.07, 6.45) is 0.927. The van der Waals surface area contributed by atoms with E-state index in [4.69, 9.17) is 0 Å². The molecule has 0 aliphatic heterocycles. The molecule has 2 aromatic rings. The van der Waals surface area contributed by atoms with Gasteiger partial charge in [0.1, 0.15) is 6.29 Å². The summed E-state index contributed by atoms with van der Waals surface area (Å²) in [6.45, 7) is 6.22. The van der Waals surface area contributed by atoms with E-state index in [0.29, 0.717) is 0 Å². The lowest BCUT2D eigenvalue weighted by atomic mass is 9.94. The van der Waals surface area contributed by atoms with Crippen molar-refractivity contribution in [2.45, 2.75) is 20.8 Å². The largest absolute Gasteiger partial charge is 0.298 e. The van der Waals surface area contributed by atoms with Gasteiger partial charge in [-0.3, -0.25) is 4.79 Å². The van der Waals surface area contributed by atoms with Gasteiger partial charge in [0.25, 0.3) is 0 Å². The molecule has 15 heavy (non-hydrogen) atoms. The van der Waals surface area contributed by atoms with Crippen LogP contribution in [0.5, 0.6) is 0 Å². The van der Waals surface area contributed by atoms with Crippen LogP contribution in [-0.4, -0.2) is 6.29 Å². The number of aldehydes is 1. The Kier molecular flexibility index (Phi) is 2.31. The molecule has 0 saturated heterocycles. The second kappa shape index (κ2) is 3.50. The van der Waals surface area contributed by atoms with E-state index < -0.39 is 0 Å². The fraction of sp³-hybridized carbons (Fsp3) is 0.214. The van der Waals surface area contributed by atoms with Gasteiger partial charge in [-0.15, -0.1) is 0 Å². The highest BCUT2D eigenvalue weighted by Crippen LogP contribution is 2.26. The highest BCUT2D eigenvalue weighted by Gasteiger charge is 2.06. The second-order valence-electron chi connectivity index (χ2n) is 4.00. The molecule has 0 aromatic heterocycles. The maximum absolute atomic E-state index is 10.9. The Labute approximate surface area is 89.7 Å². The number of hydrogen-bond acceptors (Lipinski definition) is 1. The summed E-state index contributed by atoms with van der Waals surface area (Å²) >= 11 is 0. The highest BCUT2D eigenvalue weighted by atomic mass is 16.1. The predicted octanol–water partition coefficient (Wildman–Crippen LogP) is 3.58. The lowest BCUT2D eigenvalue weighted by Gasteiger charge is -2.10. The van der Waals surface area contributed by atoms with Crippen LogP contribution >= 0.6 is 0 Å². The van der Waals surface area contributed by atoms with Gasteiger partial charge in [0.05, 0.1) is 0 Å². The third kappa shape index (κ3) is 1.44. The molecule has 0 radical (unpaired) electrons. The van der Waals surface area contributed by atoms with E-state index in [1.165, 1.54) is 21.9 Å². The molecule has 2 aromatic carbocycles.